The molecule has 5 rings (SSSR count). The lowest BCUT2D eigenvalue weighted by molar-refractivity contribution is 0.0976. The number of methoxy groups -OCH3 is 1. The van der Waals surface area contributed by atoms with Gasteiger partial charge in [-0.15, -0.1) is 0 Å². The summed E-state index contributed by atoms with van der Waals surface area (Å²) in [6, 6.07) is 20.7. The SMILES string of the molecule is COc1cccc2sc(N(Cc3cccnc3)C(=O)c3cc(-c4ccccc4)on3)nc12. The molecule has 1 amide bonds. The number of nitrogens with zero attached hydrogens (tertiary/aromatic N) is 4. The highest BCUT2D eigenvalue weighted by Gasteiger charge is 2.25. The van der Waals surface area contributed by atoms with E-state index in [9.17, 15) is 4.79 Å². The van der Waals surface area contributed by atoms with E-state index in [1.807, 2.05) is 60.7 Å². The van der Waals surface area contributed by atoms with Crippen LogP contribution in [-0.2, 0) is 6.54 Å². The van der Waals surface area contributed by atoms with Crippen molar-refractivity contribution in [3.63, 3.8) is 0 Å². The highest BCUT2D eigenvalue weighted by molar-refractivity contribution is 7.22. The van der Waals surface area contributed by atoms with E-state index < -0.39 is 0 Å². The molecule has 5 aromatic rings. The number of benzene rings is 2. The minimum atomic E-state index is -0.308. The maximum absolute atomic E-state index is 13.5. The zero-order chi connectivity index (χ0) is 21.9. The van der Waals surface area contributed by atoms with Crippen molar-refractivity contribution >= 4 is 32.6 Å². The van der Waals surface area contributed by atoms with Crippen LogP contribution in [0.15, 0.2) is 83.6 Å². The maximum atomic E-state index is 13.5. The number of amides is 1. The van der Waals surface area contributed by atoms with Gasteiger partial charge in [-0.2, -0.15) is 0 Å². The van der Waals surface area contributed by atoms with Gasteiger partial charge in [0, 0.05) is 24.0 Å². The zero-order valence-corrected chi connectivity index (χ0v) is 18.0. The van der Waals surface area contributed by atoms with E-state index >= 15 is 0 Å². The predicted octanol–water partition coefficient (Wildman–Crippen LogP) is 5.20. The highest BCUT2D eigenvalue weighted by atomic mass is 32.1. The molecular weight excluding hydrogens is 424 g/mol. The van der Waals surface area contributed by atoms with Gasteiger partial charge in [0.15, 0.2) is 16.6 Å². The Morgan fingerprint density at radius 3 is 2.75 bits per heavy atom. The first kappa shape index (κ1) is 19.9. The summed E-state index contributed by atoms with van der Waals surface area (Å²) in [6.45, 7) is 0.294. The van der Waals surface area contributed by atoms with Crippen molar-refractivity contribution in [2.75, 3.05) is 12.0 Å². The first-order valence-corrected chi connectivity index (χ1v) is 10.7. The van der Waals surface area contributed by atoms with Crippen molar-refractivity contribution in [2.24, 2.45) is 0 Å². The average molecular weight is 443 g/mol. The van der Waals surface area contributed by atoms with Crippen LogP contribution in [0.5, 0.6) is 5.75 Å². The van der Waals surface area contributed by atoms with E-state index in [0.29, 0.717) is 28.7 Å². The van der Waals surface area contributed by atoms with E-state index in [2.05, 4.69) is 10.1 Å². The normalized spacial score (nSPS) is 10.9. The summed E-state index contributed by atoms with van der Waals surface area (Å²) in [5.41, 5.74) is 2.64. The Bertz CT molecular complexity index is 1370. The van der Waals surface area contributed by atoms with Crippen LogP contribution in [0.1, 0.15) is 16.1 Å². The molecule has 0 saturated carbocycles. The molecule has 0 saturated heterocycles. The molecule has 0 aliphatic rings. The fourth-order valence-electron chi connectivity index (χ4n) is 3.35. The molecule has 2 aromatic carbocycles. The summed E-state index contributed by atoms with van der Waals surface area (Å²) in [5, 5.41) is 4.58. The Kier molecular flexibility index (Phi) is 5.35. The number of fused-ring (bicyclic) bond motifs is 1. The molecular formula is C24H18N4O3S. The first-order chi connectivity index (χ1) is 15.7. The maximum Gasteiger partial charge on any atom is 0.282 e. The number of ether oxygens (including phenoxy) is 1. The van der Waals surface area contributed by atoms with Crippen molar-refractivity contribution in [3.8, 4) is 17.1 Å². The summed E-state index contributed by atoms with van der Waals surface area (Å²) in [5.74, 6) is 0.880. The summed E-state index contributed by atoms with van der Waals surface area (Å²) in [7, 11) is 1.60. The van der Waals surface area contributed by atoms with Gasteiger partial charge in [0.05, 0.1) is 18.4 Å². The van der Waals surface area contributed by atoms with Crippen LogP contribution in [0.25, 0.3) is 21.5 Å². The van der Waals surface area contributed by atoms with Gasteiger partial charge in [-0.1, -0.05) is 59.0 Å². The Morgan fingerprint density at radius 1 is 1.09 bits per heavy atom. The van der Waals surface area contributed by atoms with Crippen LogP contribution in [0, 0.1) is 0 Å². The lowest BCUT2D eigenvalue weighted by atomic mass is 10.1. The molecule has 0 aliphatic heterocycles. The summed E-state index contributed by atoms with van der Waals surface area (Å²) >= 11 is 1.42. The standard InChI is InChI=1S/C24H18N4O3S/c1-30-19-10-5-11-21-22(19)26-24(32-21)28(15-16-7-6-12-25-14-16)23(29)18-13-20(31-27-18)17-8-3-2-4-9-17/h2-14H,15H2,1H3. The van der Waals surface area contributed by atoms with Crippen LogP contribution in [0.2, 0.25) is 0 Å². The molecule has 0 N–H and O–H groups in total. The number of anilines is 1. The molecule has 8 heteroatoms. The van der Waals surface area contributed by atoms with E-state index in [1.165, 1.54) is 11.3 Å². The second-order valence-corrected chi connectivity index (χ2v) is 8.01. The molecule has 0 fully saturated rings. The number of aromatic nitrogens is 3. The van der Waals surface area contributed by atoms with E-state index in [1.54, 1.807) is 30.5 Å². The van der Waals surface area contributed by atoms with Gasteiger partial charge in [0.1, 0.15) is 11.3 Å². The molecule has 7 nitrogen and oxygen atoms in total. The first-order valence-electron chi connectivity index (χ1n) is 9.89. The fourth-order valence-corrected chi connectivity index (χ4v) is 4.33. The molecule has 0 aliphatic carbocycles. The summed E-state index contributed by atoms with van der Waals surface area (Å²) in [6.07, 6.45) is 3.42. The van der Waals surface area contributed by atoms with Crippen molar-refractivity contribution in [2.45, 2.75) is 6.54 Å². The second-order valence-electron chi connectivity index (χ2n) is 7.00. The molecule has 32 heavy (non-hydrogen) atoms. The number of rotatable bonds is 6. The van der Waals surface area contributed by atoms with Gasteiger partial charge >= 0.3 is 0 Å². The molecule has 0 atom stereocenters. The smallest absolute Gasteiger partial charge is 0.282 e. The number of carbonyl (C=O) groups is 1. The van der Waals surface area contributed by atoms with E-state index in [0.717, 1.165) is 15.8 Å². The topological polar surface area (TPSA) is 81.4 Å². The number of pyridine rings is 1. The van der Waals surface area contributed by atoms with Gasteiger partial charge in [-0.25, -0.2) is 4.98 Å². The van der Waals surface area contributed by atoms with Gasteiger partial charge in [-0.05, 0) is 23.8 Å². The van der Waals surface area contributed by atoms with Crippen LogP contribution >= 0.6 is 11.3 Å². The van der Waals surface area contributed by atoms with Crippen molar-refractivity contribution < 1.29 is 14.1 Å². The molecule has 0 bridgehead atoms. The van der Waals surface area contributed by atoms with Crippen molar-refractivity contribution in [1.29, 1.82) is 0 Å². The van der Waals surface area contributed by atoms with E-state index in [4.69, 9.17) is 14.2 Å². The van der Waals surface area contributed by atoms with Crippen LogP contribution in [-0.4, -0.2) is 28.1 Å². The quantitative estimate of drug-likeness (QED) is 0.359. The lowest BCUT2D eigenvalue weighted by Gasteiger charge is -2.18. The number of hydrogen-bond donors (Lipinski definition) is 0. The fraction of sp³-hybridized carbons (Fsp3) is 0.0833. The molecule has 0 unspecified atom stereocenters. The number of carbonyl (C=O) groups excluding carboxylic acids is 1. The zero-order valence-electron chi connectivity index (χ0n) is 17.1. The second kappa shape index (κ2) is 8.60. The molecule has 158 valence electrons. The monoisotopic (exact) mass is 442 g/mol. The highest BCUT2D eigenvalue weighted by Crippen LogP contribution is 2.35. The number of hydrogen-bond acceptors (Lipinski definition) is 7. The Hall–Kier alpha value is -4.04. The number of para-hydroxylation sites is 1. The van der Waals surface area contributed by atoms with E-state index in [-0.39, 0.29) is 11.6 Å². The minimum Gasteiger partial charge on any atom is -0.494 e. The van der Waals surface area contributed by atoms with Gasteiger partial charge in [-0.3, -0.25) is 14.7 Å². The van der Waals surface area contributed by atoms with Crippen LogP contribution in [0.3, 0.4) is 0 Å². The largest absolute Gasteiger partial charge is 0.494 e. The van der Waals surface area contributed by atoms with Gasteiger partial charge in [0.2, 0.25) is 0 Å². The Morgan fingerprint density at radius 2 is 1.97 bits per heavy atom. The summed E-state index contributed by atoms with van der Waals surface area (Å²) in [4.78, 5) is 24.0. The van der Waals surface area contributed by atoms with Crippen LogP contribution in [0.4, 0.5) is 5.13 Å². The third-order valence-corrected chi connectivity index (χ3v) is 5.96. The third kappa shape index (κ3) is 3.83. The van der Waals surface area contributed by atoms with Crippen LogP contribution < -0.4 is 9.64 Å². The predicted molar refractivity (Wildman–Crippen MR) is 123 cm³/mol. The lowest BCUT2D eigenvalue weighted by Crippen LogP contribution is -2.30. The molecule has 3 heterocycles. The van der Waals surface area contributed by atoms with Crippen molar-refractivity contribution in [3.05, 3.63) is 90.4 Å². The number of thiazole rings is 1. The Balaban J connectivity index is 1.54. The Labute approximate surface area is 187 Å². The summed E-state index contributed by atoms with van der Waals surface area (Å²) < 4.78 is 11.8. The van der Waals surface area contributed by atoms with Gasteiger partial charge in [0.25, 0.3) is 5.91 Å². The third-order valence-electron chi connectivity index (χ3n) is 4.92. The molecule has 3 aromatic heterocycles. The minimum absolute atomic E-state index is 0.207. The molecule has 0 spiro atoms. The molecule has 0 radical (unpaired) electrons. The van der Waals surface area contributed by atoms with Crippen molar-refractivity contribution in [1.82, 2.24) is 15.1 Å². The van der Waals surface area contributed by atoms with Gasteiger partial charge < -0.3 is 9.26 Å². The average Bonchev–Trinajstić information content (AvgIpc) is 3.51.